The van der Waals surface area contributed by atoms with E-state index in [1.165, 1.54) is 16.7 Å². The van der Waals surface area contributed by atoms with Gasteiger partial charge in [0, 0.05) is 0 Å². The van der Waals surface area contributed by atoms with Gasteiger partial charge in [-0.15, -0.1) is 0 Å². The Kier molecular flexibility index (Phi) is 3.24. The van der Waals surface area contributed by atoms with Gasteiger partial charge in [0.05, 0.1) is 6.61 Å². The molecule has 0 spiro atoms. The van der Waals surface area contributed by atoms with E-state index in [1.807, 2.05) is 6.07 Å². The van der Waals surface area contributed by atoms with Crippen LogP contribution in [0.5, 0.6) is 0 Å². The van der Waals surface area contributed by atoms with E-state index in [2.05, 4.69) is 60.7 Å². The summed E-state index contributed by atoms with van der Waals surface area (Å²) in [6, 6.07) is 21.0. The Morgan fingerprint density at radius 1 is 0.833 bits per heavy atom. The van der Waals surface area contributed by atoms with Crippen LogP contribution in [0.3, 0.4) is 0 Å². The number of hydrogen-bond donors (Lipinski definition) is 0. The van der Waals surface area contributed by atoms with Crippen molar-refractivity contribution in [1.82, 2.24) is 0 Å². The van der Waals surface area contributed by atoms with Crippen LogP contribution in [-0.4, -0.2) is 6.61 Å². The normalized spacial score (nSPS) is 19.3. The lowest BCUT2D eigenvalue weighted by Crippen LogP contribution is -2.09. The van der Waals surface area contributed by atoms with E-state index >= 15 is 0 Å². The second-order valence-electron chi connectivity index (χ2n) is 4.51. The van der Waals surface area contributed by atoms with Crippen molar-refractivity contribution in [1.29, 1.82) is 0 Å². The zero-order valence-corrected chi connectivity index (χ0v) is 10.3. The maximum atomic E-state index is 5.84. The van der Waals surface area contributed by atoms with E-state index in [-0.39, 0.29) is 6.10 Å². The van der Waals surface area contributed by atoms with Crippen molar-refractivity contribution in [3.05, 3.63) is 77.9 Å². The van der Waals surface area contributed by atoms with Gasteiger partial charge in [0.25, 0.3) is 0 Å². The summed E-state index contributed by atoms with van der Waals surface area (Å²) in [5, 5.41) is 0. The third-order valence-corrected chi connectivity index (χ3v) is 3.29. The Hall–Kier alpha value is -1.86. The maximum absolute atomic E-state index is 5.84. The van der Waals surface area contributed by atoms with Crippen molar-refractivity contribution in [2.45, 2.75) is 12.5 Å². The highest BCUT2D eigenvalue weighted by molar-refractivity contribution is 5.66. The van der Waals surface area contributed by atoms with Crippen LogP contribution in [0.1, 0.15) is 23.7 Å². The first kappa shape index (κ1) is 11.2. The van der Waals surface area contributed by atoms with Crippen LogP contribution in [0.2, 0.25) is 0 Å². The molecule has 0 saturated heterocycles. The van der Waals surface area contributed by atoms with Gasteiger partial charge in [0.1, 0.15) is 6.10 Å². The maximum Gasteiger partial charge on any atom is 0.101 e. The average molecular weight is 236 g/mol. The van der Waals surface area contributed by atoms with E-state index in [0.717, 1.165) is 13.0 Å². The first-order valence-corrected chi connectivity index (χ1v) is 6.36. The van der Waals surface area contributed by atoms with E-state index in [4.69, 9.17) is 4.74 Å². The molecule has 1 aliphatic rings. The summed E-state index contributed by atoms with van der Waals surface area (Å²) < 4.78 is 5.84. The van der Waals surface area contributed by atoms with Crippen LogP contribution < -0.4 is 0 Å². The molecule has 90 valence electrons. The highest BCUT2D eigenvalue weighted by Crippen LogP contribution is 2.30. The van der Waals surface area contributed by atoms with Gasteiger partial charge in [-0.05, 0) is 29.2 Å². The van der Waals surface area contributed by atoms with Crippen molar-refractivity contribution < 1.29 is 4.74 Å². The summed E-state index contributed by atoms with van der Waals surface area (Å²) in [6.07, 6.45) is 3.33. The molecule has 0 amide bonds. The zero-order chi connectivity index (χ0) is 12.2. The van der Waals surface area contributed by atoms with Crippen LogP contribution in [0, 0.1) is 0 Å². The molecule has 0 radical (unpaired) electrons. The Morgan fingerprint density at radius 3 is 2.22 bits per heavy atom. The monoisotopic (exact) mass is 236 g/mol. The Morgan fingerprint density at radius 2 is 1.50 bits per heavy atom. The summed E-state index contributed by atoms with van der Waals surface area (Å²) in [6.45, 7) is 0.792. The lowest BCUT2D eigenvalue weighted by molar-refractivity contribution is 0.0827. The number of benzene rings is 2. The molecule has 18 heavy (non-hydrogen) atoms. The molecule has 3 rings (SSSR count). The largest absolute Gasteiger partial charge is 0.369 e. The summed E-state index contributed by atoms with van der Waals surface area (Å²) in [5.74, 6) is 0. The molecule has 1 aliphatic heterocycles. The zero-order valence-electron chi connectivity index (χ0n) is 10.3. The molecule has 0 fully saturated rings. The minimum Gasteiger partial charge on any atom is -0.369 e. The summed E-state index contributed by atoms with van der Waals surface area (Å²) in [5.41, 5.74) is 3.92. The fourth-order valence-corrected chi connectivity index (χ4v) is 2.34. The minimum absolute atomic E-state index is 0.0927. The van der Waals surface area contributed by atoms with Crippen LogP contribution in [-0.2, 0) is 4.74 Å². The molecule has 0 aromatic heterocycles. The third-order valence-electron chi connectivity index (χ3n) is 3.29. The number of rotatable bonds is 2. The van der Waals surface area contributed by atoms with Gasteiger partial charge in [0.15, 0.2) is 0 Å². The fourth-order valence-electron chi connectivity index (χ4n) is 2.34. The minimum atomic E-state index is 0.0927. The van der Waals surface area contributed by atoms with Crippen LogP contribution in [0.15, 0.2) is 66.7 Å². The number of hydrogen-bond acceptors (Lipinski definition) is 1. The van der Waals surface area contributed by atoms with Crippen molar-refractivity contribution in [3.63, 3.8) is 0 Å². The smallest absolute Gasteiger partial charge is 0.101 e. The van der Waals surface area contributed by atoms with Crippen molar-refractivity contribution in [3.8, 4) is 0 Å². The molecule has 0 aliphatic carbocycles. The van der Waals surface area contributed by atoms with Gasteiger partial charge in [-0.3, -0.25) is 0 Å². The first-order chi connectivity index (χ1) is 8.93. The van der Waals surface area contributed by atoms with Crippen LogP contribution in [0.25, 0.3) is 5.57 Å². The lowest BCUT2D eigenvalue weighted by Gasteiger charge is -2.22. The SMILES string of the molecule is C1=C(c2ccccc2)CCOC1c1ccccc1. The standard InChI is InChI=1S/C17H16O/c1-3-7-14(8-4-1)16-11-12-18-17(13-16)15-9-5-2-6-10-15/h1-10,13,17H,11-12H2. The highest BCUT2D eigenvalue weighted by atomic mass is 16.5. The summed E-state index contributed by atoms with van der Waals surface area (Å²) >= 11 is 0. The second kappa shape index (κ2) is 5.19. The predicted octanol–water partition coefficient (Wildman–Crippen LogP) is 4.23. The summed E-state index contributed by atoms with van der Waals surface area (Å²) in [7, 11) is 0. The molecule has 1 atom stereocenters. The van der Waals surface area contributed by atoms with Gasteiger partial charge in [-0.2, -0.15) is 0 Å². The molecule has 0 N–H and O–H groups in total. The van der Waals surface area contributed by atoms with E-state index in [1.54, 1.807) is 0 Å². The quantitative estimate of drug-likeness (QED) is 0.758. The average Bonchev–Trinajstić information content (AvgIpc) is 2.49. The molecular weight excluding hydrogens is 220 g/mol. The van der Waals surface area contributed by atoms with Crippen LogP contribution in [0.4, 0.5) is 0 Å². The van der Waals surface area contributed by atoms with E-state index < -0.39 is 0 Å². The Labute approximate surface area is 108 Å². The van der Waals surface area contributed by atoms with Gasteiger partial charge >= 0.3 is 0 Å². The molecule has 1 unspecified atom stereocenters. The third kappa shape index (κ3) is 2.36. The lowest BCUT2D eigenvalue weighted by atomic mass is 9.97. The molecular formula is C17H16O. The summed E-state index contributed by atoms with van der Waals surface area (Å²) in [4.78, 5) is 0. The van der Waals surface area contributed by atoms with Gasteiger partial charge in [-0.25, -0.2) is 0 Å². The molecule has 2 aromatic carbocycles. The van der Waals surface area contributed by atoms with Crippen molar-refractivity contribution >= 4 is 5.57 Å². The van der Waals surface area contributed by atoms with Gasteiger partial charge < -0.3 is 4.74 Å². The van der Waals surface area contributed by atoms with Gasteiger partial charge in [0.2, 0.25) is 0 Å². The van der Waals surface area contributed by atoms with Crippen molar-refractivity contribution in [2.24, 2.45) is 0 Å². The molecule has 1 heteroatoms. The molecule has 1 heterocycles. The molecule has 1 nitrogen and oxygen atoms in total. The Bertz CT molecular complexity index is 528. The second-order valence-corrected chi connectivity index (χ2v) is 4.51. The van der Waals surface area contributed by atoms with E-state index in [0.29, 0.717) is 0 Å². The highest BCUT2D eigenvalue weighted by Gasteiger charge is 2.16. The van der Waals surface area contributed by atoms with E-state index in [9.17, 15) is 0 Å². The first-order valence-electron chi connectivity index (χ1n) is 6.36. The Balaban J connectivity index is 1.91. The fraction of sp³-hybridized carbons (Fsp3) is 0.176. The predicted molar refractivity (Wildman–Crippen MR) is 74.2 cm³/mol. The molecule has 0 bridgehead atoms. The molecule has 0 saturated carbocycles. The van der Waals surface area contributed by atoms with Gasteiger partial charge in [-0.1, -0.05) is 60.7 Å². The number of ether oxygens (including phenoxy) is 1. The molecule has 2 aromatic rings. The van der Waals surface area contributed by atoms with Crippen molar-refractivity contribution in [2.75, 3.05) is 6.61 Å². The topological polar surface area (TPSA) is 9.23 Å². The van der Waals surface area contributed by atoms with Crippen LogP contribution >= 0.6 is 0 Å².